The van der Waals surface area contributed by atoms with E-state index < -0.39 is 24.4 Å². The molecule has 0 aromatic heterocycles. The summed E-state index contributed by atoms with van der Waals surface area (Å²) in [4.78, 5) is 11.3. The topological polar surface area (TPSA) is 87.0 Å². The summed E-state index contributed by atoms with van der Waals surface area (Å²) in [6, 6.07) is 6.71. The van der Waals surface area contributed by atoms with E-state index in [1.807, 2.05) is 0 Å². The second-order valence-electron chi connectivity index (χ2n) is 4.44. The highest BCUT2D eigenvalue weighted by atomic mass is 16.6. The number of ketones is 1. The van der Waals surface area contributed by atoms with Gasteiger partial charge in [-0.15, -0.1) is 0 Å². The van der Waals surface area contributed by atoms with Crippen LogP contribution in [0.15, 0.2) is 24.3 Å². The second kappa shape index (κ2) is 5.16. The Hall–Kier alpha value is -1.27. The molecule has 18 heavy (non-hydrogen) atoms. The number of aliphatic hydroxyl groups is 3. The van der Waals surface area contributed by atoms with Crippen LogP contribution in [0.2, 0.25) is 0 Å². The van der Waals surface area contributed by atoms with Crippen LogP contribution < -0.4 is 0 Å². The van der Waals surface area contributed by atoms with Crippen molar-refractivity contribution in [2.45, 2.75) is 31.3 Å². The molecular weight excluding hydrogens is 236 g/mol. The highest BCUT2D eigenvalue weighted by Crippen LogP contribution is 2.33. The largest absolute Gasteiger partial charge is 0.394 e. The van der Waals surface area contributed by atoms with E-state index in [1.54, 1.807) is 24.3 Å². The maximum absolute atomic E-state index is 11.3. The molecule has 0 amide bonds. The summed E-state index contributed by atoms with van der Waals surface area (Å²) in [7, 11) is 0. The summed E-state index contributed by atoms with van der Waals surface area (Å²) in [5.41, 5.74) is 1.13. The molecule has 1 fully saturated rings. The molecule has 0 aliphatic carbocycles. The number of aliphatic hydroxyl groups excluding tert-OH is 3. The third-order valence-electron chi connectivity index (χ3n) is 3.16. The van der Waals surface area contributed by atoms with Crippen LogP contribution in [0, 0.1) is 0 Å². The Labute approximate surface area is 105 Å². The van der Waals surface area contributed by atoms with Crippen LogP contribution in [-0.4, -0.2) is 46.0 Å². The lowest BCUT2D eigenvalue weighted by atomic mass is 9.99. The Bertz CT molecular complexity index is 445. The zero-order valence-corrected chi connectivity index (χ0v) is 9.98. The Morgan fingerprint density at radius 3 is 2.61 bits per heavy atom. The number of hydrogen-bond donors (Lipinski definition) is 3. The van der Waals surface area contributed by atoms with Gasteiger partial charge in [0.05, 0.1) is 6.61 Å². The van der Waals surface area contributed by atoms with E-state index in [-0.39, 0.29) is 12.4 Å². The lowest BCUT2D eigenvalue weighted by Gasteiger charge is -2.15. The van der Waals surface area contributed by atoms with Crippen molar-refractivity contribution in [2.75, 3.05) is 6.61 Å². The average Bonchev–Trinajstić information content (AvgIpc) is 2.66. The maximum atomic E-state index is 11.3. The fourth-order valence-corrected chi connectivity index (χ4v) is 2.11. The minimum atomic E-state index is -1.12. The molecule has 5 nitrogen and oxygen atoms in total. The fourth-order valence-electron chi connectivity index (χ4n) is 2.11. The van der Waals surface area contributed by atoms with Gasteiger partial charge in [-0.3, -0.25) is 4.79 Å². The molecule has 4 atom stereocenters. The second-order valence-corrected chi connectivity index (χ2v) is 4.44. The number of ether oxygens (including phenoxy) is 1. The fraction of sp³-hybridized carbons (Fsp3) is 0.462. The number of hydrogen-bond acceptors (Lipinski definition) is 5. The van der Waals surface area contributed by atoms with Crippen molar-refractivity contribution in [3.63, 3.8) is 0 Å². The normalized spacial score (nSPS) is 31.6. The lowest BCUT2D eigenvalue weighted by Crippen LogP contribution is -2.32. The van der Waals surface area contributed by atoms with Crippen LogP contribution in [0.25, 0.3) is 0 Å². The van der Waals surface area contributed by atoms with E-state index in [9.17, 15) is 15.0 Å². The molecule has 1 saturated heterocycles. The monoisotopic (exact) mass is 252 g/mol. The van der Waals surface area contributed by atoms with Gasteiger partial charge in [0.15, 0.2) is 5.78 Å². The first-order chi connectivity index (χ1) is 8.54. The molecule has 2 rings (SSSR count). The van der Waals surface area contributed by atoms with Crippen molar-refractivity contribution in [1.82, 2.24) is 0 Å². The molecule has 1 heterocycles. The number of carbonyl (C=O) groups is 1. The molecule has 98 valence electrons. The summed E-state index contributed by atoms with van der Waals surface area (Å²) in [5.74, 6) is -0.0800. The molecule has 0 bridgehead atoms. The lowest BCUT2D eigenvalue weighted by molar-refractivity contribution is -0.0227. The smallest absolute Gasteiger partial charge is 0.159 e. The van der Waals surface area contributed by atoms with Crippen molar-refractivity contribution in [2.24, 2.45) is 0 Å². The summed E-state index contributed by atoms with van der Waals surface area (Å²) >= 11 is 0. The summed E-state index contributed by atoms with van der Waals surface area (Å²) in [6.07, 6.45) is -3.76. The van der Waals surface area contributed by atoms with Gasteiger partial charge in [0.2, 0.25) is 0 Å². The molecule has 3 N–H and O–H groups in total. The first-order valence-corrected chi connectivity index (χ1v) is 5.78. The van der Waals surface area contributed by atoms with Crippen LogP contribution >= 0.6 is 0 Å². The van der Waals surface area contributed by atoms with E-state index >= 15 is 0 Å². The van der Waals surface area contributed by atoms with Gasteiger partial charge in [-0.1, -0.05) is 18.2 Å². The molecule has 1 aliphatic rings. The molecule has 0 spiro atoms. The Morgan fingerprint density at radius 2 is 2.06 bits per heavy atom. The summed E-state index contributed by atoms with van der Waals surface area (Å²) in [6.45, 7) is 1.09. The van der Waals surface area contributed by atoms with Gasteiger partial charge in [-0.25, -0.2) is 0 Å². The quantitative estimate of drug-likeness (QED) is 0.661. The Morgan fingerprint density at radius 1 is 1.33 bits per heavy atom. The van der Waals surface area contributed by atoms with Crippen molar-refractivity contribution in [3.05, 3.63) is 35.4 Å². The van der Waals surface area contributed by atoms with Crippen molar-refractivity contribution in [1.29, 1.82) is 0 Å². The molecular formula is C13H16O5. The predicted octanol–water partition coefficient (Wildman–Crippen LogP) is 0.0432. The van der Waals surface area contributed by atoms with E-state index in [0.29, 0.717) is 11.1 Å². The highest BCUT2D eigenvalue weighted by Gasteiger charge is 2.42. The van der Waals surface area contributed by atoms with Gasteiger partial charge in [0.1, 0.15) is 24.4 Å². The van der Waals surface area contributed by atoms with Crippen molar-refractivity contribution in [3.8, 4) is 0 Å². The number of carbonyl (C=O) groups excluding carboxylic acids is 1. The van der Waals surface area contributed by atoms with Crippen LogP contribution in [-0.2, 0) is 4.74 Å². The maximum Gasteiger partial charge on any atom is 0.159 e. The van der Waals surface area contributed by atoms with E-state index in [2.05, 4.69) is 0 Å². The van der Waals surface area contributed by atoms with Gasteiger partial charge >= 0.3 is 0 Å². The SMILES string of the molecule is CC(=O)c1cccc([C@@H]2O[C@H](CO)[C@@H](O)[C@H]2O)c1. The van der Waals surface area contributed by atoms with Gasteiger partial charge in [0.25, 0.3) is 0 Å². The highest BCUT2D eigenvalue weighted by molar-refractivity contribution is 5.94. The molecule has 0 radical (unpaired) electrons. The van der Waals surface area contributed by atoms with Gasteiger partial charge in [0, 0.05) is 5.56 Å². The van der Waals surface area contributed by atoms with Crippen LogP contribution in [0.1, 0.15) is 28.9 Å². The standard InChI is InChI=1S/C13H16O5/c1-7(15)8-3-2-4-9(5-8)13-12(17)11(16)10(6-14)18-13/h2-5,10-14,16-17H,6H2,1H3/t10-,11-,12-,13+/m1/s1. The van der Waals surface area contributed by atoms with Gasteiger partial charge in [-0.2, -0.15) is 0 Å². The minimum Gasteiger partial charge on any atom is -0.394 e. The number of rotatable bonds is 3. The number of Topliss-reactive ketones (excluding diaryl/α,β-unsaturated/α-hetero) is 1. The molecule has 1 aromatic carbocycles. The first-order valence-electron chi connectivity index (χ1n) is 5.78. The molecule has 1 aromatic rings. The van der Waals surface area contributed by atoms with E-state index in [1.165, 1.54) is 6.92 Å². The van der Waals surface area contributed by atoms with Gasteiger partial charge < -0.3 is 20.1 Å². The van der Waals surface area contributed by atoms with Crippen molar-refractivity contribution < 1.29 is 24.9 Å². The summed E-state index contributed by atoms with van der Waals surface area (Å²) in [5, 5.41) is 28.5. The first kappa shape index (κ1) is 13.2. The van der Waals surface area contributed by atoms with Crippen molar-refractivity contribution >= 4 is 5.78 Å². The van der Waals surface area contributed by atoms with Crippen LogP contribution in [0.4, 0.5) is 0 Å². The molecule has 0 saturated carbocycles. The zero-order chi connectivity index (χ0) is 13.3. The molecule has 0 unspecified atom stereocenters. The van der Waals surface area contributed by atoms with E-state index in [4.69, 9.17) is 9.84 Å². The molecule has 5 heteroatoms. The van der Waals surface area contributed by atoms with E-state index in [0.717, 1.165) is 0 Å². The average molecular weight is 252 g/mol. The molecule has 1 aliphatic heterocycles. The Kier molecular flexibility index (Phi) is 3.77. The Balaban J connectivity index is 2.27. The van der Waals surface area contributed by atoms with Gasteiger partial charge in [-0.05, 0) is 18.6 Å². The number of benzene rings is 1. The third kappa shape index (κ3) is 2.30. The minimum absolute atomic E-state index is 0.0800. The van der Waals surface area contributed by atoms with Crippen LogP contribution in [0.3, 0.4) is 0 Å². The summed E-state index contributed by atoms with van der Waals surface area (Å²) < 4.78 is 5.39. The zero-order valence-electron chi connectivity index (χ0n) is 9.98. The third-order valence-corrected chi connectivity index (χ3v) is 3.16. The predicted molar refractivity (Wildman–Crippen MR) is 63.2 cm³/mol. The van der Waals surface area contributed by atoms with Crippen LogP contribution in [0.5, 0.6) is 0 Å².